The van der Waals surface area contributed by atoms with Gasteiger partial charge in [-0.15, -0.1) is 0 Å². The van der Waals surface area contributed by atoms with E-state index < -0.39 is 11.8 Å². The molecule has 1 heterocycles. The second-order valence-electron chi connectivity index (χ2n) is 4.77. The van der Waals surface area contributed by atoms with E-state index in [9.17, 15) is 13.6 Å². The van der Waals surface area contributed by atoms with Crippen molar-refractivity contribution in [3.8, 4) is 0 Å². The lowest BCUT2D eigenvalue weighted by molar-refractivity contribution is 0.0692. The van der Waals surface area contributed by atoms with E-state index in [0.29, 0.717) is 17.6 Å². The van der Waals surface area contributed by atoms with Gasteiger partial charge in [0.25, 0.3) is 0 Å². The molecule has 21 heavy (non-hydrogen) atoms. The Morgan fingerprint density at radius 2 is 1.90 bits per heavy atom. The fraction of sp³-hybridized carbons (Fsp3) is 0.0625. The summed E-state index contributed by atoms with van der Waals surface area (Å²) < 4.78 is 28.7. The van der Waals surface area contributed by atoms with Crippen LogP contribution in [-0.4, -0.2) is 15.6 Å². The maximum absolute atomic E-state index is 13.7. The van der Waals surface area contributed by atoms with Crippen LogP contribution in [0.5, 0.6) is 0 Å². The SMILES string of the molecule is O=C(O)c1ccc(Cn2ccc3ccc(F)cc32)cc1F. The second-order valence-corrected chi connectivity index (χ2v) is 4.77. The molecule has 0 aliphatic heterocycles. The topological polar surface area (TPSA) is 42.2 Å². The number of fused-ring (bicyclic) bond motifs is 1. The molecule has 3 nitrogen and oxygen atoms in total. The molecule has 0 spiro atoms. The van der Waals surface area contributed by atoms with Crippen molar-refractivity contribution in [2.45, 2.75) is 6.54 Å². The van der Waals surface area contributed by atoms with Crippen LogP contribution >= 0.6 is 0 Å². The van der Waals surface area contributed by atoms with Gasteiger partial charge in [0.05, 0.1) is 11.1 Å². The Morgan fingerprint density at radius 1 is 1.10 bits per heavy atom. The third-order valence-corrected chi connectivity index (χ3v) is 3.35. The standard InChI is InChI=1S/C16H11F2NO2/c17-12-3-2-11-5-6-19(15(11)8-12)9-10-1-4-13(16(20)21)14(18)7-10/h1-8H,9H2,(H,20,21). The first kappa shape index (κ1) is 13.3. The van der Waals surface area contributed by atoms with E-state index in [-0.39, 0.29) is 11.4 Å². The molecule has 0 bridgehead atoms. The molecule has 0 saturated carbocycles. The van der Waals surface area contributed by atoms with Crippen molar-refractivity contribution in [2.24, 2.45) is 0 Å². The molecule has 0 aliphatic carbocycles. The van der Waals surface area contributed by atoms with Gasteiger partial charge in [0, 0.05) is 12.7 Å². The molecule has 0 radical (unpaired) electrons. The first-order chi connectivity index (χ1) is 10.0. The number of hydrogen-bond donors (Lipinski definition) is 1. The van der Waals surface area contributed by atoms with E-state index in [1.807, 2.05) is 6.07 Å². The highest BCUT2D eigenvalue weighted by Gasteiger charge is 2.11. The Hall–Kier alpha value is -2.69. The van der Waals surface area contributed by atoms with Crippen molar-refractivity contribution in [1.29, 1.82) is 0 Å². The Labute approximate surface area is 119 Å². The molecule has 0 fully saturated rings. The average molecular weight is 287 g/mol. The minimum atomic E-state index is -1.30. The zero-order chi connectivity index (χ0) is 15.0. The van der Waals surface area contributed by atoms with Crippen LogP contribution in [0, 0.1) is 11.6 Å². The van der Waals surface area contributed by atoms with Crippen LogP contribution in [0.3, 0.4) is 0 Å². The van der Waals surface area contributed by atoms with Gasteiger partial charge in [0.2, 0.25) is 0 Å². The van der Waals surface area contributed by atoms with E-state index >= 15 is 0 Å². The molecule has 106 valence electrons. The van der Waals surface area contributed by atoms with Gasteiger partial charge in [0.1, 0.15) is 11.6 Å². The van der Waals surface area contributed by atoms with Crippen molar-refractivity contribution in [2.75, 3.05) is 0 Å². The first-order valence-corrected chi connectivity index (χ1v) is 6.31. The Balaban J connectivity index is 1.97. The number of nitrogens with zero attached hydrogens (tertiary/aromatic N) is 1. The van der Waals surface area contributed by atoms with Crippen molar-refractivity contribution >= 4 is 16.9 Å². The average Bonchev–Trinajstić information content (AvgIpc) is 2.81. The summed E-state index contributed by atoms with van der Waals surface area (Å²) in [6.45, 7) is 0.337. The zero-order valence-electron chi connectivity index (χ0n) is 10.9. The minimum Gasteiger partial charge on any atom is -0.478 e. The normalized spacial score (nSPS) is 11.0. The monoisotopic (exact) mass is 287 g/mol. The third kappa shape index (κ3) is 2.50. The van der Waals surface area contributed by atoms with E-state index in [1.165, 1.54) is 24.3 Å². The van der Waals surface area contributed by atoms with Gasteiger partial charge >= 0.3 is 5.97 Å². The minimum absolute atomic E-state index is 0.337. The summed E-state index contributed by atoms with van der Waals surface area (Å²) in [5.74, 6) is -2.41. The third-order valence-electron chi connectivity index (χ3n) is 3.35. The Bertz CT molecular complexity index is 839. The molecule has 1 N–H and O–H groups in total. The smallest absolute Gasteiger partial charge is 0.338 e. The van der Waals surface area contributed by atoms with Gasteiger partial charge < -0.3 is 9.67 Å². The van der Waals surface area contributed by atoms with Gasteiger partial charge in [-0.05, 0) is 47.3 Å². The van der Waals surface area contributed by atoms with Crippen LogP contribution in [-0.2, 0) is 6.54 Å². The zero-order valence-corrected chi connectivity index (χ0v) is 10.9. The number of aromatic carboxylic acids is 1. The van der Waals surface area contributed by atoms with Crippen LogP contribution in [0.1, 0.15) is 15.9 Å². The van der Waals surface area contributed by atoms with Crippen molar-refractivity contribution in [1.82, 2.24) is 4.57 Å². The number of carboxylic acid groups (broad SMARTS) is 1. The van der Waals surface area contributed by atoms with Crippen LogP contribution in [0.25, 0.3) is 10.9 Å². The van der Waals surface area contributed by atoms with Gasteiger partial charge in [0.15, 0.2) is 0 Å². The Morgan fingerprint density at radius 3 is 2.62 bits per heavy atom. The van der Waals surface area contributed by atoms with Crippen LogP contribution in [0.2, 0.25) is 0 Å². The van der Waals surface area contributed by atoms with Gasteiger partial charge in [-0.1, -0.05) is 6.07 Å². The summed E-state index contributed by atoms with van der Waals surface area (Å²) in [4.78, 5) is 10.8. The molecule has 1 aromatic heterocycles. The highest BCUT2D eigenvalue weighted by Crippen LogP contribution is 2.19. The molecule has 0 saturated heterocycles. The summed E-state index contributed by atoms with van der Waals surface area (Å²) in [6, 6.07) is 10.3. The number of carboxylic acids is 1. The highest BCUT2D eigenvalue weighted by molar-refractivity contribution is 5.88. The van der Waals surface area contributed by atoms with Crippen molar-refractivity contribution in [3.63, 3.8) is 0 Å². The molecule has 0 unspecified atom stereocenters. The molecule has 5 heteroatoms. The first-order valence-electron chi connectivity index (χ1n) is 6.31. The summed E-state index contributed by atoms with van der Waals surface area (Å²) in [7, 11) is 0. The largest absolute Gasteiger partial charge is 0.478 e. The van der Waals surface area contributed by atoms with Crippen molar-refractivity contribution < 1.29 is 18.7 Å². The lowest BCUT2D eigenvalue weighted by Gasteiger charge is -2.07. The number of halogens is 2. The van der Waals surface area contributed by atoms with Gasteiger partial charge in [-0.2, -0.15) is 0 Å². The molecule has 0 atom stereocenters. The summed E-state index contributed by atoms with van der Waals surface area (Å²) >= 11 is 0. The predicted molar refractivity (Wildman–Crippen MR) is 74.4 cm³/mol. The summed E-state index contributed by atoms with van der Waals surface area (Å²) in [5, 5.41) is 9.69. The lowest BCUT2D eigenvalue weighted by Crippen LogP contribution is -2.03. The Kier molecular flexibility index (Phi) is 3.17. The highest BCUT2D eigenvalue weighted by atomic mass is 19.1. The number of aromatic nitrogens is 1. The summed E-state index contributed by atoms with van der Waals surface area (Å²) in [6.07, 6.45) is 1.78. The van der Waals surface area contributed by atoms with Crippen LogP contribution in [0.15, 0.2) is 48.7 Å². The molecule has 0 aliphatic rings. The van der Waals surface area contributed by atoms with Crippen molar-refractivity contribution in [3.05, 3.63) is 71.4 Å². The van der Waals surface area contributed by atoms with E-state index in [4.69, 9.17) is 5.11 Å². The molecular weight excluding hydrogens is 276 g/mol. The predicted octanol–water partition coefficient (Wildman–Crippen LogP) is 3.67. The van der Waals surface area contributed by atoms with E-state index in [1.54, 1.807) is 22.9 Å². The maximum Gasteiger partial charge on any atom is 0.338 e. The fourth-order valence-corrected chi connectivity index (χ4v) is 2.32. The molecule has 3 rings (SSSR count). The number of hydrogen-bond acceptors (Lipinski definition) is 1. The molecular formula is C16H11F2NO2. The van der Waals surface area contributed by atoms with Gasteiger partial charge in [-0.3, -0.25) is 0 Å². The van der Waals surface area contributed by atoms with E-state index in [2.05, 4.69) is 0 Å². The lowest BCUT2D eigenvalue weighted by atomic mass is 10.1. The molecule has 0 amide bonds. The number of carbonyl (C=O) groups is 1. The maximum atomic E-state index is 13.7. The van der Waals surface area contributed by atoms with Crippen LogP contribution < -0.4 is 0 Å². The quantitative estimate of drug-likeness (QED) is 0.798. The second kappa shape index (κ2) is 5.01. The van der Waals surface area contributed by atoms with Gasteiger partial charge in [-0.25, -0.2) is 13.6 Å². The molecule has 3 aromatic rings. The molecule has 2 aromatic carbocycles. The summed E-state index contributed by atoms with van der Waals surface area (Å²) in [5.41, 5.74) is 0.958. The van der Waals surface area contributed by atoms with Crippen LogP contribution in [0.4, 0.5) is 8.78 Å². The van der Waals surface area contributed by atoms with E-state index in [0.717, 1.165) is 5.39 Å². The number of rotatable bonds is 3. The number of benzene rings is 2. The fourth-order valence-electron chi connectivity index (χ4n) is 2.32.